The zero-order valence-electron chi connectivity index (χ0n) is 10.2. The summed E-state index contributed by atoms with van der Waals surface area (Å²) in [5.41, 5.74) is 1.03. The van der Waals surface area contributed by atoms with Crippen LogP contribution in [0.15, 0.2) is 33.6 Å². The predicted molar refractivity (Wildman–Crippen MR) is 75.8 cm³/mol. The van der Waals surface area contributed by atoms with Gasteiger partial charge in [0.15, 0.2) is 0 Å². The SMILES string of the molecule is Cc1ccc(S(=O)(=O)/N=C/N2CCSCC2)cc1. The maximum Gasteiger partial charge on any atom is 0.283 e. The smallest absolute Gasteiger partial charge is 0.283 e. The van der Waals surface area contributed by atoms with E-state index in [2.05, 4.69) is 4.40 Å². The highest BCUT2D eigenvalue weighted by Crippen LogP contribution is 2.13. The first-order valence-corrected chi connectivity index (χ1v) is 8.36. The molecule has 0 spiro atoms. The molecule has 0 atom stereocenters. The Morgan fingerprint density at radius 2 is 1.83 bits per heavy atom. The van der Waals surface area contributed by atoms with Crippen LogP contribution in [0, 0.1) is 6.92 Å². The second kappa shape index (κ2) is 5.75. The van der Waals surface area contributed by atoms with Gasteiger partial charge in [0, 0.05) is 24.6 Å². The van der Waals surface area contributed by atoms with Crippen LogP contribution in [0.4, 0.5) is 0 Å². The van der Waals surface area contributed by atoms with E-state index in [0.717, 1.165) is 30.2 Å². The Labute approximate surface area is 112 Å². The van der Waals surface area contributed by atoms with Gasteiger partial charge in [-0.2, -0.15) is 20.2 Å². The molecule has 6 heteroatoms. The summed E-state index contributed by atoms with van der Waals surface area (Å²) in [6, 6.07) is 6.74. The van der Waals surface area contributed by atoms with E-state index < -0.39 is 10.0 Å². The van der Waals surface area contributed by atoms with Crippen molar-refractivity contribution in [3.05, 3.63) is 29.8 Å². The van der Waals surface area contributed by atoms with Gasteiger partial charge in [0.25, 0.3) is 10.0 Å². The minimum absolute atomic E-state index is 0.246. The van der Waals surface area contributed by atoms with E-state index in [9.17, 15) is 8.42 Å². The van der Waals surface area contributed by atoms with Crippen LogP contribution >= 0.6 is 11.8 Å². The molecule has 2 rings (SSSR count). The Morgan fingerprint density at radius 3 is 2.44 bits per heavy atom. The van der Waals surface area contributed by atoms with E-state index >= 15 is 0 Å². The Hall–Kier alpha value is -1.01. The van der Waals surface area contributed by atoms with Gasteiger partial charge in [-0.1, -0.05) is 17.7 Å². The Kier molecular flexibility index (Phi) is 4.29. The highest BCUT2D eigenvalue weighted by atomic mass is 32.2. The fourth-order valence-corrected chi connectivity index (χ4v) is 3.38. The monoisotopic (exact) mass is 284 g/mol. The van der Waals surface area contributed by atoms with Gasteiger partial charge in [-0.05, 0) is 19.1 Å². The third-order valence-corrected chi connectivity index (χ3v) is 4.90. The molecule has 0 aromatic heterocycles. The lowest BCUT2D eigenvalue weighted by Crippen LogP contribution is -2.31. The van der Waals surface area contributed by atoms with E-state index in [1.54, 1.807) is 24.3 Å². The molecule has 1 aromatic rings. The average molecular weight is 284 g/mol. The molecule has 18 heavy (non-hydrogen) atoms. The molecule has 0 radical (unpaired) electrons. The molecule has 0 unspecified atom stereocenters. The van der Waals surface area contributed by atoms with E-state index in [-0.39, 0.29) is 4.90 Å². The predicted octanol–water partition coefficient (Wildman–Crippen LogP) is 1.76. The molecule has 1 aliphatic heterocycles. The van der Waals surface area contributed by atoms with Gasteiger partial charge in [0.1, 0.15) is 6.34 Å². The van der Waals surface area contributed by atoms with E-state index in [0.29, 0.717) is 0 Å². The van der Waals surface area contributed by atoms with Crippen molar-refractivity contribution >= 4 is 28.1 Å². The van der Waals surface area contributed by atoms with Crippen molar-refractivity contribution in [1.82, 2.24) is 4.90 Å². The third kappa shape index (κ3) is 3.49. The van der Waals surface area contributed by atoms with Crippen LogP contribution in [0.3, 0.4) is 0 Å². The fourth-order valence-electron chi connectivity index (χ4n) is 1.59. The van der Waals surface area contributed by atoms with Crippen molar-refractivity contribution in [2.45, 2.75) is 11.8 Å². The lowest BCUT2D eigenvalue weighted by molar-refractivity contribution is 0.477. The molecule has 0 amide bonds. The number of benzene rings is 1. The zero-order valence-corrected chi connectivity index (χ0v) is 11.9. The van der Waals surface area contributed by atoms with Gasteiger partial charge in [-0.25, -0.2) is 0 Å². The summed E-state index contributed by atoms with van der Waals surface area (Å²) < 4.78 is 27.7. The molecular formula is C12H16N2O2S2. The first kappa shape index (κ1) is 13.4. The minimum atomic E-state index is -3.56. The molecule has 98 valence electrons. The van der Waals surface area contributed by atoms with Gasteiger partial charge in [0.2, 0.25) is 0 Å². The lowest BCUT2D eigenvalue weighted by Gasteiger charge is -2.23. The average Bonchev–Trinajstić information content (AvgIpc) is 2.38. The number of aryl methyl sites for hydroxylation is 1. The van der Waals surface area contributed by atoms with Crippen LogP contribution in [0.1, 0.15) is 5.56 Å². The highest BCUT2D eigenvalue weighted by molar-refractivity contribution is 7.99. The van der Waals surface area contributed by atoms with Crippen molar-refractivity contribution < 1.29 is 8.42 Å². The number of hydrogen-bond donors (Lipinski definition) is 0. The van der Waals surface area contributed by atoms with Crippen molar-refractivity contribution in [3.63, 3.8) is 0 Å². The Balaban J connectivity index is 2.11. The molecule has 0 bridgehead atoms. The van der Waals surface area contributed by atoms with Crippen LogP contribution < -0.4 is 0 Å². The summed E-state index contributed by atoms with van der Waals surface area (Å²) in [5, 5.41) is 0. The van der Waals surface area contributed by atoms with Gasteiger partial charge in [-0.15, -0.1) is 4.40 Å². The topological polar surface area (TPSA) is 49.7 Å². The molecular weight excluding hydrogens is 268 g/mol. The second-order valence-electron chi connectivity index (χ2n) is 4.16. The van der Waals surface area contributed by atoms with Gasteiger partial charge in [-0.3, -0.25) is 0 Å². The van der Waals surface area contributed by atoms with E-state index in [1.165, 1.54) is 6.34 Å². The number of rotatable bonds is 3. The van der Waals surface area contributed by atoms with Gasteiger partial charge >= 0.3 is 0 Å². The van der Waals surface area contributed by atoms with Crippen LogP contribution in [0.25, 0.3) is 0 Å². The van der Waals surface area contributed by atoms with Crippen LogP contribution in [0.5, 0.6) is 0 Å². The standard InChI is InChI=1S/C12H16N2O2S2/c1-11-2-4-12(5-3-11)18(15,16)13-10-14-6-8-17-9-7-14/h2-5,10H,6-9H2,1H3/b13-10+. The molecule has 1 fully saturated rings. The Bertz CT molecular complexity index is 518. The third-order valence-electron chi connectivity index (χ3n) is 2.71. The van der Waals surface area contributed by atoms with Gasteiger partial charge < -0.3 is 4.90 Å². The summed E-state index contributed by atoms with van der Waals surface area (Å²) in [7, 11) is -3.56. The summed E-state index contributed by atoms with van der Waals surface area (Å²) in [6.07, 6.45) is 1.45. The molecule has 1 aromatic carbocycles. The number of nitrogens with zero attached hydrogens (tertiary/aromatic N) is 2. The minimum Gasteiger partial charge on any atom is -0.360 e. The summed E-state index contributed by atoms with van der Waals surface area (Å²) in [4.78, 5) is 2.19. The molecule has 1 aliphatic rings. The first-order chi connectivity index (χ1) is 8.58. The highest BCUT2D eigenvalue weighted by Gasteiger charge is 2.13. The van der Waals surface area contributed by atoms with Crippen LogP contribution in [-0.4, -0.2) is 44.3 Å². The number of hydrogen-bond acceptors (Lipinski definition) is 3. The fraction of sp³-hybridized carbons (Fsp3) is 0.417. The number of sulfonamides is 1. The van der Waals surface area contributed by atoms with Gasteiger partial charge in [0.05, 0.1) is 4.90 Å². The largest absolute Gasteiger partial charge is 0.360 e. The quantitative estimate of drug-likeness (QED) is 0.627. The van der Waals surface area contributed by atoms with Crippen molar-refractivity contribution in [1.29, 1.82) is 0 Å². The molecule has 0 aliphatic carbocycles. The molecule has 1 saturated heterocycles. The zero-order chi connectivity index (χ0) is 13.0. The van der Waals surface area contributed by atoms with Crippen LogP contribution in [0.2, 0.25) is 0 Å². The normalized spacial score (nSPS) is 17.3. The van der Waals surface area contributed by atoms with Crippen molar-refractivity contribution in [3.8, 4) is 0 Å². The second-order valence-corrected chi connectivity index (χ2v) is 7.01. The molecule has 4 nitrogen and oxygen atoms in total. The maximum absolute atomic E-state index is 12.0. The van der Waals surface area contributed by atoms with Crippen LogP contribution in [-0.2, 0) is 10.0 Å². The van der Waals surface area contributed by atoms with E-state index in [1.807, 2.05) is 23.6 Å². The Morgan fingerprint density at radius 1 is 1.22 bits per heavy atom. The summed E-state index contributed by atoms with van der Waals surface area (Å²) in [6.45, 7) is 3.64. The summed E-state index contributed by atoms with van der Waals surface area (Å²) >= 11 is 1.88. The molecule has 0 N–H and O–H groups in total. The first-order valence-electron chi connectivity index (χ1n) is 5.77. The van der Waals surface area contributed by atoms with Crippen molar-refractivity contribution in [2.24, 2.45) is 4.40 Å². The number of thioether (sulfide) groups is 1. The lowest BCUT2D eigenvalue weighted by atomic mass is 10.2. The maximum atomic E-state index is 12.0. The molecule has 1 heterocycles. The van der Waals surface area contributed by atoms with Crippen molar-refractivity contribution in [2.75, 3.05) is 24.6 Å². The molecule has 0 saturated carbocycles. The van der Waals surface area contributed by atoms with E-state index in [4.69, 9.17) is 0 Å². The summed E-state index contributed by atoms with van der Waals surface area (Å²) in [5.74, 6) is 2.05.